The summed E-state index contributed by atoms with van der Waals surface area (Å²) in [5, 5.41) is 30.5. The van der Waals surface area contributed by atoms with E-state index in [0.717, 1.165) is 0 Å². The number of aliphatic hydroxyl groups excluding tert-OH is 3. The highest BCUT2D eigenvalue weighted by atomic mass is 16.4. The highest BCUT2D eigenvalue weighted by Crippen LogP contribution is 1.80. The summed E-state index contributed by atoms with van der Waals surface area (Å²) in [6, 6.07) is 0. The van der Waals surface area contributed by atoms with Crippen molar-refractivity contribution in [1.29, 1.82) is 0 Å². The van der Waals surface area contributed by atoms with Crippen LogP contribution in [-0.4, -0.2) is 41.2 Å². The van der Waals surface area contributed by atoms with E-state index in [4.69, 9.17) is 21.1 Å². The van der Waals surface area contributed by atoms with Crippen LogP contribution in [-0.2, 0) is 0 Å². The summed E-state index contributed by atoms with van der Waals surface area (Å²) in [6.45, 7) is 0. The van der Waals surface area contributed by atoms with Gasteiger partial charge in [0, 0.05) is 0 Å². The lowest BCUT2D eigenvalue weighted by atomic mass is 10.5. The van der Waals surface area contributed by atoms with E-state index in [9.17, 15) is 0 Å². The molecule has 62 valence electrons. The molecule has 0 radical (unpaired) electrons. The van der Waals surface area contributed by atoms with E-state index >= 15 is 0 Å². The molecule has 10 heavy (non-hydrogen) atoms. The van der Waals surface area contributed by atoms with Gasteiger partial charge in [0.15, 0.2) is 6.35 Å². The number of hydrogen-bond donors (Lipinski definition) is 6. The van der Waals surface area contributed by atoms with Crippen molar-refractivity contribution in [3.05, 3.63) is 0 Å². The molecule has 0 amide bonds. The lowest BCUT2D eigenvalue weighted by Gasteiger charge is -2.18. The van der Waals surface area contributed by atoms with E-state index in [-0.39, 0.29) is 0 Å². The second-order valence-corrected chi connectivity index (χ2v) is 1.79. The number of hydrogen-bond acceptors (Lipinski definition) is 6. The molecule has 0 aromatic rings. The standard InChI is InChI=1S/C4H13N3O3/c1-6-4(10)7-3(9)2(5)8/h2-4,6-10H,5H2,1H3. The zero-order chi connectivity index (χ0) is 8.15. The van der Waals surface area contributed by atoms with E-state index in [1.807, 2.05) is 0 Å². The molecule has 0 saturated heterocycles. The van der Waals surface area contributed by atoms with Crippen molar-refractivity contribution in [2.75, 3.05) is 7.05 Å². The molecule has 7 N–H and O–H groups in total. The summed E-state index contributed by atoms with van der Waals surface area (Å²) in [4.78, 5) is 0. The molecule has 0 aromatic carbocycles. The third-order valence-electron chi connectivity index (χ3n) is 0.926. The van der Waals surface area contributed by atoms with E-state index < -0.39 is 18.8 Å². The van der Waals surface area contributed by atoms with E-state index in [2.05, 4.69) is 10.6 Å². The monoisotopic (exact) mass is 151 g/mol. The van der Waals surface area contributed by atoms with Crippen LogP contribution in [0.25, 0.3) is 0 Å². The Bertz CT molecular complexity index is 89.8. The second-order valence-electron chi connectivity index (χ2n) is 1.79. The average Bonchev–Trinajstić information content (AvgIpc) is 1.87. The quantitative estimate of drug-likeness (QED) is 0.234. The van der Waals surface area contributed by atoms with Crippen LogP contribution < -0.4 is 16.4 Å². The number of nitrogens with one attached hydrogen (secondary N) is 2. The Labute approximate surface area is 58.7 Å². The molecule has 0 rings (SSSR count). The Balaban J connectivity index is 3.46. The molecule has 0 fully saturated rings. The maximum absolute atomic E-state index is 8.74. The zero-order valence-corrected chi connectivity index (χ0v) is 5.65. The maximum Gasteiger partial charge on any atom is 0.162 e. The Morgan fingerprint density at radius 1 is 1.30 bits per heavy atom. The van der Waals surface area contributed by atoms with Gasteiger partial charge >= 0.3 is 0 Å². The normalized spacial score (nSPS) is 20.1. The van der Waals surface area contributed by atoms with Gasteiger partial charge in [-0.3, -0.25) is 10.6 Å². The van der Waals surface area contributed by atoms with E-state index in [1.54, 1.807) is 0 Å². The Morgan fingerprint density at radius 2 is 1.80 bits per heavy atom. The summed E-state index contributed by atoms with van der Waals surface area (Å²) in [7, 11) is 1.48. The summed E-state index contributed by atoms with van der Waals surface area (Å²) in [5.41, 5.74) is 4.84. The van der Waals surface area contributed by atoms with Crippen LogP contribution in [0, 0.1) is 0 Å². The minimum Gasteiger partial charge on any atom is -0.375 e. The predicted octanol–water partition coefficient (Wildman–Crippen LogP) is -3.33. The van der Waals surface area contributed by atoms with Crippen molar-refractivity contribution < 1.29 is 15.3 Å². The average molecular weight is 151 g/mol. The largest absolute Gasteiger partial charge is 0.375 e. The third kappa shape index (κ3) is 3.72. The van der Waals surface area contributed by atoms with Gasteiger partial charge < -0.3 is 21.1 Å². The van der Waals surface area contributed by atoms with Crippen molar-refractivity contribution in [3.8, 4) is 0 Å². The first-order chi connectivity index (χ1) is 4.57. The molecule has 0 aliphatic rings. The van der Waals surface area contributed by atoms with Gasteiger partial charge in [0.2, 0.25) is 0 Å². The molecule has 0 spiro atoms. The molecule has 0 aromatic heterocycles. The smallest absolute Gasteiger partial charge is 0.162 e. The van der Waals surface area contributed by atoms with Gasteiger partial charge in [0.25, 0.3) is 0 Å². The first-order valence-corrected chi connectivity index (χ1v) is 2.81. The lowest BCUT2D eigenvalue weighted by Crippen LogP contribution is -2.53. The van der Waals surface area contributed by atoms with Crippen LogP contribution in [0.4, 0.5) is 0 Å². The van der Waals surface area contributed by atoms with Gasteiger partial charge in [0.1, 0.15) is 12.5 Å². The van der Waals surface area contributed by atoms with Gasteiger partial charge in [0.05, 0.1) is 0 Å². The molecule has 0 bridgehead atoms. The number of aliphatic hydroxyl groups is 3. The fourth-order valence-electron chi connectivity index (χ4n) is 0.344. The van der Waals surface area contributed by atoms with Crippen molar-refractivity contribution in [3.63, 3.8) is 0 Å². The van der Waals surface area contributed by atoms with Crippen molar-refractivity contribution in [1.82, 2.24) is 10.6 Å². The molecular formula is C4H13N3O3. The molecule has 0 saturated carbocycles. The molecule has 0 aliphatic carbocycles. The Kier molecular flexibility index (Phi) is 4.45. The van der Waals surface area contributed by atoms with Gasteiger partial charge in [-0.25, -0.2) is 0 Å². The fraction of sp³-hybridized carbons (Fsp3) is 1.00. The fourth-order valence-corrected chi connectivity index (χ4v) is 0.344. The minimum absolute atomic E-state index is 1.08. The lowest BCUT2D eigenvalue weighted by molar-refractivity contribution is -0.0416. The molecular weight excluding hydrogens is 138 g/mol. The summed E-state index contributed by atoms with van der Waals surface area (Å²) in [6.07, 6.45) is -3.81. The van der Waals surface area contributed by atoms with Gasteiger partial charge in [-0.15, -0.1) is 0 Å². The zero-order valence-electron chi connectivity index (χ0n) is 5.65. The summed E-state index contributed by atoms with van der Waals surface area (Å²) < 4.78 is 0. The summed E-state index contributed by atoms with van der Waals surface area (Å²) in [5.74, 6) is 0. The van der Waals surface area contributed by atoms with Crippen molar-refractivity contribution >= 4 is 0 Å². The summed E-state index contributed by atoms with van der Waals surface area (Å²) >= 11 is 0. The maximum atomic E-state index is 8.74. The predicted molar refractivity (Wildman–Crippen MR) is 34.4 cm³/mol. The Morgan fingerprint density at radius 3 is 2.10 bits per heavy atom. The van der Waals surface area contributed by atoms with Crippen LogP contribution in [0.5, 0.6) is 0 Å². The van der Waals surface area contributed by atoms with Crippen LogP contribution >= 0.6 is 0 Å². The molecule has 0 heterocycles. The van der Waals surface area contributed by atoms with Crippen LogP contribution in [0.2, 0.25) is 0 Å². The minimum atomic E-state index is -1.40. The van der Waals surface area contributed by atoms with Crippen LogP contribution in [0.3, 0.4) is 0 Å². The van der Waals surface area contributed by atoms with Crippen molar-refractivity contribution in [2.24, 2.45) is 5.73 Å². The molecule has 3 atom stereocenters. The van der Waals surface area contributed by atoms with Crippen LogP contribution in [0.15, 0.2) is 0 Å². The second kappa shape index (κ2) is 4.56. The number of rotatable bonds is 4. The molecule has 6 nitrogen and oxygen atoms in total. The SMILES string of the molecule is CNC(O)NC(O)C(N)O. The molecule has 3 unspecified atom stereocenters. The first kappa shape index (κ1) is 9.76. The van der Waals surface area contributed by atoms with E-state index in [0.29, 0.717) is 0 Å². The number of nitrogens with two attached hydrogens (primary N) is 1. The Hall–Kier alpha value is -0.240. The highest BCUT2D eigenvalue weighted by molar-refractivity contribution is 4.58. The topological polar surface area (TPSA) is 111 Å². The highest BCUT2D eigenvalue weighted by Gasteiger charge is 2.12. The molecule has 6 heteroatoms. The third-order valence-corrected chi connectivity index (χ3v) is 0.926. The van der Waals surface area contributed by atoms with Gasteiger partial charge in [-0.2, -0.15) is 0 Å². The van der Waals surface area contributed by atoms with E-state index in [1.165, 1.54) is 7.05 Å². The van der Waals surface area contributed by atoms with Gasteiger partial charge in [-0.05, 0) is 7.05 Å². The van der Waals surface area contributed by atoms with Gasteiger partial charge in [-0.1, -0.05) is 0 Å². The van der Waals surface area contributed by atoms with Crippen LogP contribution in [0.1, 0.15) is 0 Å². The first-order valence-electron chi connectivity index (χ1n) is 2.81. The van der Waals surface area contributed by atoms with Crippen molar-refractivity contribution in [2.45, 2.75) is 18.8 Å². The molecule has 0 aliphatic heterocycles.